The molecule has 0 radical (unpaired) electrons. The van der Waals surface area contributed by atoms with Crippen molar-refractivity contribution in [1.82, 2.24) is 4.98 Å². The molecule has 8 rings (SSSR count). The maximum atomic E-state index is 4.22. The van der Waals surface area contributed by atoms with Crippen molar-refractivity contribution in [2.75, 3.05) is 9.80 Å². The predicted molar refractivity (Wildman–Crippen MR) is 175 cm³/mol. The number of nitrogens with zero attached hydrogens (tertiary/aromatic N) is 3. The summed E-state index contributed by atoms with van der Waals surface area (Å²) < 4.78 is 0. The van der Waals surface area contributed by atoms with Gasteiger partial charge in [0.05, 0.1) is 0 Å². The number of rotatable bonds is 2. The maximum absolute atomic E-state index is 4.22. The largest absolute Gasteiger partial charge is 3.00 e. The van der Waals surface area contributed by atoms with Gasteiger partial charge in [0.2, 0.25) is 0 Å². The summed E-state index contributed by atoms with van der Waals surface area (Å²) in [7, 11) is 0. The molecule has 1 saturated carbocycles. The van der Waals surface area contributed by atoms with Crippen LogP contribution in [0.1, 0.15) is 83.8 Å². The Morgan fingerprint density at radius 2 is 1.67 bits per heavy atom. The van der Waals surface area contributed by atoms with Crippen LogP contribution in [0.3, 0.4) is 0 Å². The summed E-state index contributed by atoms with van der Waals surface area (Å²) in [4.78, 5) is 12.0. The van der Waals surface area contributed by atoms with E-state index in [-0.39, 0.29) is 30.9 Å². The zero-order valence-corrected chi connectivity index (χ0v) is 28.8. The topological polar surface area (TPSA) is 19.4 Å². The van der Waals surface area contributed by atoms with Crippen molar-refractivity contribution in [3.63, 3.8) is 0 Å². The van der Waals surface area contributed by atoms with Crippen LogP contribution in [0, 0.1) is 18.8 Å². The van der Waals surface area contributed by atoms with Crippen molar-refractivity contribution in [1.29, 1.82) is 0 Å². The van der Waals surface area contributed by atoms with E-state index in [1.807, 2.05) is 54.2 Å². The van der Waals surface area contributed by atoms with E-state index < -0.39 is 0 Å². The quantitative estimate of drug-likeness (QED) is 0.189. The molecule has 2 aliphatic heterocycles. The molecule has 0 unspecified atom stereocenters. The number of hydrogen-bond acceptors (Lipinski definition) is 4. The van der Waals surface area contributed by atoms with E-state index in [1.54, 1.807) is 6.20 Å². The maximum Gasteiger partial charge on any atom is 3.00 e. The third kappa shape index (κ3) is 5.69. The van der Waals surface area contributed by atoms with E-state index in [4.69, 9.17) is 0 Å². The standard InChI is InChI=1S/C27H32N2S.C11H8N.Ir/c1-26(2)13-14-27(3,4)20-16-24-22(15-19(20)26)29-17-28(18-9-6-5-7-10-18)21-11-8-12-23(30-24)25(21)29;1-2-6-10(7-3-1)11-8-4-5-9-12-11;/h8,11-12,16-18H,5-7,9-10,13-14H2,1-4H3;1-6,8-9H;/q-2;-1;+3. The molecule has 0 saturated heterocycles. The molecule has 5 heteroatoms. The number of anilines is 3. The van der Waals surface area contributed by atoms with Gasteiger partial charge in [-0.05, 0) is 48.6 Å². The van der Waals surface area contributed by atoms with Crippen molar-refractivity contribution in [3.05, 3.63) is 103 Å². The second-order valence-electron chi connectivity index (χ2n) is 13.4. The van der Waals surface area contributed by atoms with E-state index in [2.05, 4.69) is 85.5 Å². The zero-order valence-electron chi connectivity index (χ0n) is 25.6. The van der Waals surface area contributed by atoms with E-state index in [0.29, 0.717) is 6.04 Å². The van der Waals surface area contributed by atoms with Gasteiger partial charge in [0, 0.05) is 28.5 Å². The summed E-state index contributed by atoms with van der Waals surface area (Å²) in [5.74, 6) is 0. The Labute approximate surface area is 275 Å². The molecule has 0 bridgehead atoms. The molecule has 1 fully saturated rings. The molecule has 43 heavy (non-hydrogen) atoms. The first-order valence-electron chi connectivity index (χ1n) is 15.5. The molecule has 2 aliphatic carbocycles. The molecule has 0 amide bonds. The summed E-state index contributed by atoms with van der Waals surface area (Å²) in [6.07, 6.45) is 11.0. The fourth-order valence-corrected chi connectivity index (χ4v) is 8.13. The number of fused-ring (bicyclic) bond motifs is 3. The van der Waals surface area contributed by atoms with Crippen LogP contribution < -0.4 is 9.80 Å². The minimum atomic E-state index is 0. The minimum absolute atomic E-state index is 0. The van der Waals surface area contributed by atoms with Crippen molar-refractivity contribution in [2.45, 2.75) is 99.3 Å². The van der Waals surface area contributed by atoms with Crippen molar-refractivity contribution < 1.29 is 20.1 Å². The molecular weight excluding hydrogens is 723 g/mol. The smallest absolute Gasteiger partial charge is 0.499 e. The first-order chi connectivity index (χ1) is 20.3. The van der Waals surface area contributed by atoms with Gasteiger partial charge in [-0.3, -0.25) is 0 Å². The van der Waals surface area contributed by atoms with Gasteiger partial charge in [0.25, 0.3) is 0 Å². The van der Waals surface area contributed by atoms with Gasteiger partial charge in [0.15, 0.2) is 0 Å². The van der Waals surface area contributed by atoms with Gasteiger partial charge in [-0.15, -0.1) is 41.5 Å². The number of hydrogen-bond donors (Lipinski definition) is 0. The van der Waals surface area contributed by atoms with E-state index in [0.717, 1.165) is 11.3 Å². The van der Waals surface area contributed by atoms with E-state index in [1.165, 1.54) is 82.9 Å². The van der Waals surface area contributed by atoms with Crippen LogP contribution in [0.25, 0.3) is 11.3 Å². The average molecular weight is 763 g/mol. The fraction of sp³-hybridized carbons (Fsp3) is 0.368. The normalized spacial score (nSPS) is 19.3. The number of pyridine rings is 1. The second-order valence-corrected chi connectivity index (χ2v) is 14.5. The first-order valence-corrected chi connectivity index (χ1v) is 16.4. The fourth-order valence-electron chi connectivity index (χ4n) is 7.03. The van der Waals surface area contributed by atoms with Crippen LogP contribution in [-0.2, 0) is 30.9 Å². The molecule has 4 aromatic rings. The van der Waals surface area contributed by atoms with Crippen LogP contribution in [0.5, 0.6) is 0 Å². The zero-order chi connectivity index (χ0) is 28.9. The Balaban J connectivity index is 0.000000213. The number of aromatic nitrogens is 1. The third-order valence-electron chi connectivity index (χ3n) is 9.62. The Bertz CT molecular complexity index is 1540. The van der Waals surface area contributed by atoms with E-state index >= 15 is 0 Å². The second kappa shape index (κ2) is 12.1. The third-order valence-corrected chi connectivity index (χ3v) is 10.7. The monoisotopic (exact) mass is 763 g/mol. The van der Waals surface area contributed by atoms with Crippen LogP contribution in [0.2, 0.25) is 0 Å². The molecule has 3 nitrogen and oxygen atoms in total. The number of benzene rings is 3. The van der Waals surface area contributed by atoms with Crippen LogP contribution >= 0.6 is 11.8 Å². The van der Waals surface area contributed by atoms with Gasteiger partial charge in [-0.25, -0.2) is 0 Å². The molecule has 0 N–H and O–H groups in total. The molecule has 0 spiro atoms. The average Bonchev–Trinajstić information content (AvgIpc) is 3.42. The van der Waals surface area contributed by atoms with Crippen molar-refractivity contribution in [2.24, 2.45) is 0 Å². The Kier molecular flexibility index (Phi) is 8.54. The predicted octanol–water partition coefficient (Wildman–Crippen LogP) is 10.3. The molecule has 0 atom stereocenters. The summed E-state index contributed by atoms with van der Waals surface area (Å²) in [5.41, 5.74) is 9.40. The Morgan fingerprint density at radius 3 is 2.42 bits per heavy atom. The molecule has 3 heterocycles. The van der Waals surface area contributed by atoms with Gasteiger partial charge in [0.1, 0.15) is 0 Å². The summed E-state index contributed by atoms with van der Waals surface area (Å²) >= 11 is 1.94. The van der Waals surface area contributed by atoms with Crippen molar-refractivity contribution in [3.8, 4) is 11.3 Å². The summed E-state index contributed by atoms with van der Waals surface area (Å²) in [6.45, 7) is 12.0. The van der Waals surface area contributed by atoms with Crippen molar-refractivity contribution >= 4 is 28.8 Å². The Hall–Kier alpha value is -2.59. The molecule has 3 aromatic carbocycles. The van der Waals surface area contributed by atoms with Crippen LogP contribution in [-0.4, -0.2) is 11.0 Å². The minimum Gasteiger partial charge on any atom is -0.499 e. The number of para-hydroxylation sites is 1. The Morgan fingerprint density at radius 1 is 0.884 bits per heavy atom. The van der Waals surface area contributed by atoms with Gasteiger partial charge in [-0.1, -0.05) is 87.6 Å². The molecule has 4 aliphatic rings. The SMILES string of the molecule is CC1(C)CCC(C)(C)c2cc3c([c-]c21)N1[CH-]N(C2CCCCC2)c2cccc(c21)S3.[Ir+3].[c-]1ccccc1-c1ccccn1. The van der Waals surface area contributed by atoms with Gasteiger partial charge >= 0.3 is 20.1 Å². The van der Waals surface area contributed by atoms with E-state index in [9.17, 15) is 0 Å². The van der Waals surface area contributed by atoms with Crippen LogP contribution in [0.4, 0.5) is 17.1 Å². The molecule has 1 aromatic heterocycles. The van der Waals surface area contributed by atoms with Crippen LogP contribution in [0.15, 0.2) is 82.7 Å². The van der Waals surface area contributed by atoms with Gasteiger partial charge < -0.3 is 14.8 Å². The summed E-state index contributed by atoms with van der Waals surface area (Å²) in [6, 6.07) is 30.8. The van der Waals surface area contributed by atoms with Gasteiger partial charge in [-0.2, -0.15) is 36.1 Å². The first kappa shape index (κ1) is 30.4. The molecule has 222 valence electrons. The molecular formula is C38H40IrN3S. The summed E-state index contributed by atoms with van der Waals surface area (Å²) in [5, 5.41) is 0.